The number of nitrogens with one attached hydrogen (secondary N) is 3. The summed E-state index contributed by atoms with van der Waals surface area (Å²) in [5.74, 6) is -0.716. The van der Waals surface area contributed by atoms with E-state index in [-0.39, 0.29) is 11.6 Å². The Labute approximate surface area is 202 Å². The van der Waals surface area contributed by atoms with Gasteiger partial charge in [-0.25, -0.2) is 9.97 Å². The van der Waals surface area contributed by atoms with Crippen LogP contribution < -0.4 is 21.3 Å². The first-order valence-corrected chi connectivity index (χ1v) is 10.8. The van der Waals surface area contributed by atoms with Crippen molar-refractivity contribution >= 4 is 50.5 Å². The highest BCUT2D eigenvalue weighted by Gasteiger charge is 2.25. The van der Waals surface area contributed by atoms with Crippen molar-refractivity contribution in [3.63, 3.8) is 0 Å². The Hall–Kier alpha value is -4.51. The molecule has 34 heavy (non-hydrogen) atoms. The zero-order chi connectivity index (χ0) is 23.9. The molecule has 0 atom stereocenters. The fraction of sp³-hybridized carbons (Fsp3) is 0. The second kappa shape index (κ2) is 10.4. The maximum absolute atomic E-state index is 12.4. The molecule has 0 aliphatic rings. The predicted octanol–water partition coefficient (Wildman–Crippen LogP) is 5.07. The summed E-state index contributed by atoms with van der Waals surface area (Å²) < 4.78 is 0.820. The monoisotopic (exact) mass is 519 g/mol. The molecular formula is C23H18BrN7O3. The molecule has 10 nitrogen and oxygen atoms in total. The van der Waals surface area contributed by atoms with Gasteiger partial charge in [-0.3, -0.25) is 36.2 Å². The predicted molar refractivity (Wildman–Crippen MR) is 133 cm³/mol. The molecule has 0 aliphatic heterocycles. The molecule has 0 saturated heterocycles. The molecule has 3 aromatic carbocycles. The van der Waals surface area contributed by atoms with Gasteiger partial charge in [0, 0.05) is 10.0 Å². The molecule has 170 valence electrons. The van der Waals surface area contributed by atoms with E-state index in [4.69, 9.17) is 0 Å². The smallest absolute Gasteiger partial charge is 0.276 e. The number of halogens is 1. The van der Waals surface area contributed by atoms with Crippen molar-refractivity contribution in [3.8, 4) is 0 Å². The van der Waals surface area contributed by atoms with Gasteiger partial charge in [0.1, 0.15) is 6.33 Å². The number of anilines is 4. The van der Waals surface area contributed by atoms with Crippen LogP contribution in [0.25, 0.3) is 0 Å². The average molecular weight is 520 g/mol. The Morgan fingerprint density at radius 1 is 0.853 bits per heavy atom. The van der Waals surface area contributed by atoms with Crippen LogP contribution in [0.1, 0.15) is 10.4 Å². The summed E-state index contributed by atoms with van der Waals surface area (Å²) in [7, 11) is 0. The quantitative estimate of drug-likeness (QED) is 0.217. The van der Waals surface area contributed by atoms with Crippen LogP contribution in [0.4, 0.5) is 28.7 Å². The van der Waals surface area contributed by atoms with Crippen molar-refractivity contribution in [2.45, 2.75) is 0 Å². The Kier molecular flexibility index (Phi) is 6.94. The van der Waals surface area contributed by atoms with E-state index in [0.717, 1.165) is 22.2 Å². The van der Waals surface area contributed by atoms with Crippen LogP contribution in [0.2, 0.25) is 0 Å². The number of nitrogens with zero attached hydrogens (tertiary/aromatic N) is 4. The molecule has 0 radical (unpaired) electrons. The zero-order valence-corrected chi connectivity index (χ0v) is 19.1. The standard InChI is InChI=1S/C23H18BrN7O3/c24-17-13-11-16(12-14-17)23(32)28-27-21-20(31(33)34)22(26-15-25-21)29-30(18-7-3-1-4-8-18)19-9-5-2-6-10-19/h1-15H,(H,28,32)(H2,25,26,27,29). The van der Waals surface area contributed by atoms with Crippen LogP contribution in [-0.2, 0) is 0 Å². The van der Waals surface area contributed by atoms with Crippen LogP contribution in [0.3, 0.4) is 0 Å². The highest BCUT2D eigenvalue weighted by molar-refractivity contribution is 9.10. The maximum atomic E-state index is 12.4. The van der Waals surface area contributed by atoms with Crippen molar-refractivity contribution < 1.29 is 9.72 Å². The fourth-order valence-corrected chi connectivity index (χ4v) is 3.32. The van der Waals surface area contributed by atoms with E-state index in [0.29, 0.717) is 5.56 Å². The van der Waals surface area contributed by atoms with Crippen LogP contribution in [0.15, 0.2) is 95.7 Å². The third-order valence-corrected chi connectivity index (χ3v) is 5.18. The Morgan fingerprint density at radius 2 is 1.41 bits per heavy atom. The minimum absolute atomic E-state index is 0.0619. The molecule has 0 saturated carbocycles. The number of benzene rings is 3. The largest absolute Gasteiger partial charge is 0.356 e. The lowest BCUT2D eigenvalue weighted by Gasteiger charge is -2.26. The van der Waals surface area contributed by atoms with E-state index < -0.39 is 16.5 Å². The van der Waals surface area contributed by atoms with Crippen molar-refractivity contribution in [1.82, 2.24) is 15.4 Å². The number of carbonyl (C=O) groups is 1. The van der Waals surface area contributed by atoms with E-state index >= 15 is 0 Å². The minimum Gasteiger partial charge on any atom is -0.276 e. The third kappa shape index (κ3) is 5.27. The second-order valence-corrected chi connectivity index (χ2v) is 7.80. The summed E-state index contributed by atoms with van der Waals surface area (Å²) in [6, 6.07) is 25.2. The summed E-state index contributed by atoms with van der Waals surface area (Å²) >= 11 is 3.31. The van der Waals surface area contributed by atoms with Crippen LogP contribution in [-0.4, -0.2) is 20.8 Å². The normalized spacial score (nSPS) is 10.3. The molecule has 11 heteroatoms. The highest BCUT2D eigenvalue weighted by atomic mass is 79.9. The summed E-state index contributed by atoms with van der Waals surface area (Å²) in [6.45, 7) is 0. The van der Waals surface area contributed by atoms with Crippen molar-refractivity contribution in [3.05, 3.63) is 111 Å². The molecule has 0 spiro atoms. The summed E-state index contributed by atoms with van der Waals surface area (Å²) in [5, 5.41) is 13.6. The minimum atomic E-state index is -0.620. The lowest BCUT2D eigenvalue weighted by Crippen LogP contribution is -2.31. The first-order valence-electron chi connectivity index (χ1n) is 10.0. The summed E-state index contributed by atoms with van der Waals surface area (Å²) in [4.78, 5) is 31.8. The number of hydrazine groups is 2. The molecule has 1 heterocycles. The molecule has 1 amide bonds. The summed E-state index contributed by atoms with van der Waals surface area (Å²) in [5.41, 5.74) is 9.38. The molecule has 4 rings (SSSR count). The number of nitro groups is 1. The number of amides is 1. The topological polar surface area (TPSA) is 125 Å². The highest BCUT2D eigenvalue weighted by Crippen LogP contribution is 2.32. The number of rotatable bonds is 8. The van der Waals surface area contributed by atoms with Crippen molar-refractivity contribution in [2.75, 3.05) is 15.9 Å². The number of aromatic nitrogens is 2. The van der Waals surface area contributed by atoms with Gasteiger partial charge >= 0.3 is 5.69 Å². The number of carbonyl (C=O) groups excluding carboxylic acids is 1. The molecule has 4 aromatic rings. The summed E-state index contributed by atoms with van der Waals surface area (Å²) in [6.07, 6.45) is 1.16. The van der Waals surface area contributed by atoms with Gasteiger partial charge in [-0.05, 0) is 48.5 Å². The molecule has 0 aliphatic carbocycles. The third-order valence-electron chi connectivity index (χ3n) is 4.65. The van der Waals surface area contributed by atoms with Gasteiger partial charge in [0.25, 0.3) is 5.91 Å². The van der Waals surface area contributed by atoms with E-state index in [1.165, 1.54) is 0 Å². The molecule has 3 N–H and O–H groups in total. The van der Waals surface area contributed by atoms with Crippen LogP contribution >= 0.6 is 15.9 Å². The average Bonchev–Trinajstić information content (AvgIpc) is 2.87. The van der Waals surface area contributed by atoms with E-state index in [1.807, 2.05) is 60.7 Å². The first-order chi connectivity index (χ1) is 16.5. The number of para-hydroxylation sites is 2. The van der Waals surface area contributed by atoms with Gasteiger partial charge in [-0.2, -0.15) is 0 Å². The number of hydrogen-bond acceptors (Lipinski definition) is 8. The van der Waals surface area contributed by atoms with Gasteiger partial charge in [0.15, 0.2) is 0 Å². The fourth-order valence-electron chi connectivity index (χ4n) is 3.05. The second-order valence-electron chi connectivity index (χ2n) is 6.88. The van der Waals surface area contributed by atoms with Gasteiger partial charge in [0.05, 0.1) is 16.3 Å². The first kappa shape index (κ1) is 22.7. The zero-order valence-electron chi connectivity index (χ0n) is 17.6. The lowest BCUT2D eigenvalue weighted by atomic mass is 10.2. The van der Waals surface area contributed by atoms with E-state index in [2.05, 4.69) is 42.2 Å². The van der Waals surface area contributed by atoms with Crippen LogP contribution in [0, 0.1) is 10.1 Å². The SMILES string of the molecule is O=C(NNc1ncnc(NN(c2ccccc2)c2ccccc2)c1[N+](=O)[O-])c1ccc(Br)cc1. The molecule has 0 bridgehead atoms. The molecule has 0 fully saturated rings. The Balaban J connectivity index is 1.63. The number of hydrogen-bond donors (Lipinski definition) is 3. The van der Waals surface area contributed by atoms with Gasteiger partial charge in [-0.15, -0.1) is 0 Å². The van der Waals surface area contributed by atoms with E-state index in [1.54, 1.807) is 29.3 Å². The van der Waals surface area contributed by atoms with E-state index in [9.17, 15) is 14.9 Å². The Bertz CT molecular complexity index is 1250. The van der Waals surface area contributed by atoms with Crippen LogP contribution in [0.5, 0.6) is 0 Å². The van der Waals surface area contributed by atoms with Gasteiger partial charge in [-0.1, -0.05) is 52.3 Å². The van der Waals surface area contributed by atoms with Crippen molar-refractivity contribution in [1.29, 1.82) is 0 Å². The molecular weight excluding hydrogens is 502 g/mol. The van der Waals surface area contributed by atoms with Gasteiger partial charge in [0.2, 0.25) is 11.6 Å². The lowest BCUT2D eigenvalue weighted by molar-refractivity contribution is -0.383. The maximum Gasteiger partial charge on any atom is 0.356 e. The van der Waals surface area contributed by atoms with Crippen molar-refractivity contribution in [2.24, 2.45) is 0 Å². The Morgan fingerprint density at radius 3 is 1.97 bits per heavy atom. The van der Waals surface area contributed by atoms with Gasteiger partial charge < -0.3 is 0 Å². The molecule has 0 unspecified atom stereocenters. The molecule has 1 aromatic heterocycles.